The molecule has 1 saturated carbocycles. The van der Waals surface area contributed by atoms with Crippen molar-refractivity contribution in [2.75, 3.05) is 23.3 Å². The van der Waals surface area contributed by atoms with Crippen molar-refractivity contribution >= 4 is 22.2 Å². The van der Waals surface area contributed by atoms with E-state index < -0.39 is 0 Å². The molecule has 0 atom stereocenters. The summed E-state index contributed by atoms with van der Waals surface area (Å²) in [6.07, 6.45) is 11.3. The summed E-state index contributed by atoms with van der Waals surface area (Å²) in [6, 6.07) is 4.97. The van der Waals surface area contributed by atoms with Gasteiger partial charge in [0, 0.05) is 36.9 Å². The molecule has 3 nitrogen and oxygen atoms in total. The van der Waals surface area contributed by atoms with Gasteiger partial charge in [0.2, 0.25) is 0 Å². The van der Waals surface area contributed by atoms with E-state index in [1.165, 1.54) is 62.7 Å². The van der Waals surface area contributed by atoms with Crippen LogP contribution in [0.2, 0.25) is 0 Å². The minimum absolute atomic E-state index is 0.872. The van der Waals surface area contributed by atoms with Gasteiger partial charge in [0.1, 0.15) is 0 Å². The lowest BCUT2D eigenvalue weighted by atomic mass is 10.0. The van der Waals surface area contributed by atoms with Gasteiger partial charge in [-0.1, -0.05) is 18.9 Å². The van der Waals surface area contributed by atoms with Crippen LogP contribution in [-0.4, -0.2) is 18.1 Å². The summed E-state index contributed by atoms with van der Waals surface area (Å²) >= 11 is 1.68. The third-order valence-corrected chi connectivity index (χ3v) is 6.56. The summed E-state index contributed by atoms with van der Waals surface area (Å²) in [5.41, 5.74) is 6.05. The average Bonchev–Trinajstić information content (AvgIpc) is 3.39. The molecule has 2 aromatic rings. The van der Waals surface area contributed by atoms with E-state index in [0.29, 0.717) is 0 Å². The molecule has 0 spiro atoms. The molecule has 134 valence electrons. The molecule has 0 amide bonds. The van der Waals surface area contributed by atoms with Crippen LogP contribution in [0.15, 0.2) is 23.7 Å². The minimum atomic E-state index is 0.872. The standard InChI is InChI=1S/C21H29N3S/c1-2-24(15-16-6-3-4-7-16)20-13-18-9-5-8-17(18)12-19(20)14-23-21-22-10-11-25-21/h10-13,16H,2-9,14-15H2,1H3,(H,22,23). The fraction of sp³-hybridized carbons (Fsp3) is 0.571. The molecule has 1 N–H and O–H groups in total. The van der Waals surface area contributed by atoms with Crippen LogP contribution < -0.4 is 10.2 Å². The Morgan fingerprint density at radius 2 is 1.96 bits per heavy atom. The third-order valence-electron chi connectivity index (χ3n) is 5.83. The van der Waals surface area contributed by atoms with Gasteiger partial charge in [0.15, 0.2) is 5.13 Å². The van der Waals surface area contributed by atoms with Crippen molar-refractivity contribution in [1.29, 1.82) is 0 Å². The molecule has 4 rings (SSSR count). The largest absolute Gasteiger partial charge is 0.371 e. The first-order valence-corrected chi connectivity index (χ1v) is 10.7. The Balaban J connectivity index is 1.58. The first-order valence-electron chi connectivity index (χ1n) is 9.86. The zero-order valence-electron chi connectivity index (χ0n) is 15.3. The quantitative estimate of drug-likeness (QED) is 0.734. The second-order valence-corrected chi connectivity index (χ2v) is 8.38. The first-order chi connectivity index (χ1) is 12.3. The lowest BCUT2D eigenvalue weighted by Gasteiger charge is -2.29. The zero-order valence-corrected chi connectivity index (χ0v) is 16.1. The SMILES string of the molecule is CCN(CC1CCCC1)c1cc2c(cc1CNc1nccs1)CCC2. The molecule has 1 fully saturated rings. The van der Waals surface area contributed by atoms with Crippen molar-refractivity contribution in [1.82, 2.24) is 4.98 Å². The van der Waals surface area contributed by atoms with E-state index in [0.717, 1.165) is 24.1 Å². The van der Waals surface area contributed by atoms with Crippen molar-refractivity contribution in [3.63, 3.8) is 0 Å². The minimum Gasteiger partial charge on any atom is -0.371 e. The molecule has 2 aliphatic carbocycles. The van der Waals surface area contributed by atoms with Crippen LogP contribution in [0.3, 0.4) is 0 Å². The van der Waals surface area contributed by atoms with Gasteiger partial charge in [-0.2, -0.15) is 0 Å². The molecular formula is C21H29N3S. The van der Waals surface area contributed by atoms with Crippen LogP contribution in [0, 0.1) is 5.92 Å². The van der Waals surface area contributed by atoms with Gasteiger partial charge >= 0.3 is 0 Å². The normalized spacial score (nSPS) is 17.0. The molecule has 1 aromatic carbocycles. The average molecular weight is 356 g/mol. The highest BCUT2D eigenvalue weighted by molar-refractivity contribution is 7.13. The van der Waals surface area contributed by atoms with Crippen LogP contribution in [0.1, 0.15) is 55.7 Å². The second-order valence-electron chi connectivity index (χ2n) is 7.48. The molecule has 2 aliphatic rings. The number of nitrogens with zero attached hydrogens (tertiary/aromatic N) is 2. The summed E-state index contributed by atoms with van der Waals surface area (Å²) in [6.45, 7) is 5.50. The number of nitrogens with one attached hydrogen (secondary N) is 1. The number of anilines is 2. The van der Waals surface area contributed by atoms with Crippen LogP contribution in [0.4, 0.5) is 10.8 Å². The van der Waals surface area contributed by atoms with Gasteiger partial charge in [-0.05, 0) is 67.7 Å². The number of aryl methyl sites for hydroxylation is 2. The van der Waals surface area contributed by atoms with Crippen molar-refractivity contribution < 1.29 is 0 Å². The molecule has 0 bridgehead atoms. The van der Waals surface area contributed by atoms with E-state index in [-0.39, 0.29) is 0 Å². The van der Waals surface area contributed by atoms with Crippen LogP contribution >= 0.6 is 11.3 Å². The van der Waals surface area contributed by atoms with Gasteiger partial charge in [-0.3, -0.25) is 0 Å². The van der Waals surface area contributed by atoms with Gasteiger partial charge < -0.3 is 10.2 Å². The number of benzene rings is 1. The van der Waals surface area contributed by atoms with E-state index in [1.54, 1.807) is 22.5 Å². The number of thiazole rings is 1. The van der Waals surface area contributed by atoms with Crippen molar-refractivity contribution in [2.45, 2.75) is 58.4 Å². The smallest absolute Gasteiger partial charge is 0.182 e. The van der Waals surface area contributed by atoms with Gasteiger partial charge in [0.25, 0.3) is 0 Å². The molecule has 1 heterocycles. The Kier molecular flexibility index (Phi) is 5.25. The van der Waals surface area contributed by atoms with E-state index in [2.05, 4.69) is 34.3 Å². The van der Waals surface area contributed by atoms with Crippen molar-refractivity contribution in [3.8, 4) is 0 Å². The van der Waals surface area contributed by atoms with Gasteiger partial charge in [-0.15, -0.1) is 11.3 Å². The Bertz CT molecular complexity index is 689. The molecule has 4 heteroatoms. The van der Waals surface area contributed by atoms with Crippen LogP contribution in [0.5, 0.6) is 0 Å². The molecule has 0 radical (unpaired) electrons. The number of hydrogen-bond acceptors (Lipinski definition) is 4. The third kappa shape index (κ3) is 3.84. The molecular weight excluding hydrogens is 326 g/mol. The summed E-state index contributed by atoms with van der Waals surface area (Å²) < 4.78 is 0. The molecule has 0 saturated heterocycles. The molecule has 0 unspecified atom stereocenters. The lowest BCUT2D eigenvalue weighted by Crippen LogP contribution is -2.29. The predicted molar refractivity (Wildman–Crippen MR) is 108 cm³/mol. The molecule has 0 aliphatic heterocycles. The fourth-order valence-electron chi connectivity index (χ4n) is 4.48. The van der Waals surface area contributed by atoms with Gasteiger partial charge in [-0.25, -0.2) is 4.98 Å². The Labute approximate surface area is 155 Å². The van der Waals surface area contributed by atoms with E-state index in [1.807, 2.05) is 11.6 Å². The Morgan fingerprint density at radius 3 is 2.68 bits per heavy atom. The summed E-state index contributed by atoms with van der Waals surface area (Å²) in [5.74, 6) is 0.882. The predicted octanol–water partition coefficient (Wildman–Crippen LogP) is 5.26. The summed E-state index contributed by atoms with van der Waals surface area (Å²) in [4.78, 5) is 7.01. The molecule has 1 aromatic heterocycles. The zero-order chi connectivity index (χ0) is 17.1. The number of fused-ring (bicyclic) bond motifs is 1. The first kappa shape index (κ1) is 16.9. The van der Waals surface area contributed by atoms with Crippen molar-refractivity contribution in [2.24, 2.45) is 5.92 Å². The summed E-state index contributed by atoms with van der Waals surface area (Å²) in [5, 5.41) is 6.58. The topological polar surface area (TPSA) is 28.2 Å². The highest BCUT2D eigenvalue weighted by atomic mass is 32.1. The highest BCUT2D eigenvalue weighted by Crippen LogP contribution is 2.33. The fourth-order valence-corrected chi connectivity index (χ4v) is 5.01. The van der Waals surface area contributed by atoms with E-state index in [9.17, 15) is 0 Å². The lowest BCUT2D eigenvalue weighted by molar-refractivity contribution is 0.535. The maximum Gasteiger partial charge on any atom is 0.182 e. The second kappa shape index (κ2) is 7.77. The van der Waals surface area contributed by atoms with E-state index in [4.69, 9.17) is 0 Å². The molecule has 25 heavy (non-hydrogen) atoms. The van der Waals surface area contributed by atoms with Gasteiger partial charge in [0.05, 0.1) is 0 Å². The maximum absolute atomic E-state index is 4.38. The number of aromatic nitrogens is 1. The Morgan fingerprint density at radius 1 is 1.16 bits per heavy atom. The summed E-state index contributed by atoms with van der Waals surface area (Å²) in [7, 11) is 0. The van der Waals surface area contributed by atoms with E-state index >= 15 is 0 Å². The number of rotatable bonds is 7. The monoisotopic (exact) mass is 355 g/mol. The number of hydrogen-bond donors (Lipinski definition) is 1. The van der Waals surface area contributed by atoms with Crippen LogP contribution in [0.25, 0.3) is 0 Å². The highest BCUT2D eigenvalue weighted by Gasteiger charge is 2.22. The maximum atomic E-state index is 4.38. The Hall–Kier alpha value is -1.55. The van der Waals surface area contributed by atoms with Crippen molar-refractivity contribution in [3.05, 3.63) is 40.4 Å². The van der Waals surface area contributed by atoms with Crippen LogP contribution in [-0.2, 0) is 19.4 Å².